The molecule has 1 aromatic rings. The molecule has 112 valence electrons. The molecule has 0 saturated carbocycles. The lowest BCUT2D eigenvalue weighted by molar-refractivity contribution is -0.127. The zero-order valence-corrected chi connectivity index (χ0v) is 14.4. The highest BCUT2D eigenvalue weighted by atomic mass is 79.9. The van der Waals surface area contributed by atoms with E-state index in [2.05, 4.69) is 35.1 Å². The summed E-state index contributed by atoms with van der Waals surface area (Å²) in [4.78, 5) is 12.1. The predicted octanol–water partition coefficient (Wildman–Crippen LogP) is 4.03. The van der Waals surface area contributed by atoms with Gasteiger partial charge in [0.2, 0.25) is 0 Å². The van der Waals surface area contributed by atoms with Crippen molar-refractivity contribution in [2.45, 2.75) is 39.3 Å². The molecule has 3 nitrogen and oxygen atoms in total. The molecule has 1 amide bonds. The smallest absolute Gasteiger partial charge is 0.261 e. The predicted molar refractivity (Wildman–Crippen MR) is 86.7 cm³/mol. The lowest BCUT2D eigenvalue weighted by atomic mass is 10.1. The van der Waals surface area contributed by atoms with Crippen LogP contribution in [-0.2, 0) is 4.79 Å². The van der Waals surface area contributed by atoms with E-state index >= 15 is 0 Å². The number of carbonyl (C=O) groups excluding carboxylic acids is 1. The van der Waals surface area contributed by atoms with Gasteiger partial charge in [-0.25, -0.2) is 0 Å². The number of amides is 1. The lowest BCUT2D eigenvalue weighted by Crippen LogP contribution is -2.43. The summed E-state index contributed by atoms with van der Waals surface area (Å²) in [5.74, 6) is 1.01. The number of ether oxygens (including phenoxy) is 1. The largest absolute Gasteiger partial charge is 0.481 e. The number of halogens is 2. The van der Waals surface area contributed by atoms with E-state index in [1.165, 1.54) is 0 Å². The SMILES string of the molecule is CC(C)CC(CBr)NC(=O)C(C)Oc1cccc(Cl)c1. The summed E-state index contributed by atoms with van der Waals surface area (Å²) in [6.45, 7) is 6.00. The fourth-order valence-electron chi connectivity index (χ4n) is 1.85. The minimum Gasteiger partial charge on any atom is -0.481 e. The van der Waals surface area contributed by atoms with E-state index < -0.39 is 6.10 Å². The van der Waals surface area contributed by atoms with Crippen LogP contribution in [0.25, 0.3) is 0 Å². The van der Waals surface area contributed by atoms with Gasteiger partial charge in [0.1, 0.15) is 5.75 Å². The molecule has 0 aliphatic rings. The maximum absolute atomic E-state index is 12.1. The molecule has 0 aliphatic carbocycles. The summed E-state index contributed by atoms with van der Waals surface area (Å²) < 4.78 is 5.60. The molecular formula is C15H21BrClNO2. The summed E-state index contributed by atoms with van der Waals surface area (Å²) in [6, 6.07) is 7.16. The Balaban J connectivity index is 2.54. The molecule has 0 aliphatic heterocycles. The number of carbonyl (C=O) groups is 1. The second kappa shape index (κ2) is 8.53. The zero-order valence-electron chi connectivity index (χ0n) is 12.0. The van der Waals surface area contributed by atoms with Crippen molar-refractivity contribution in [2.75, 3.05) is 5.33 Å². The van der Waals surface area contributed by atoms with Crippen LogP contribution in [-0.4, -0.2) is 23.4 Å². The van der Waals surface area contributed by atoms with Crippen LogP contribution in [0.1, 0.15) is 27.2 Å². The van der Waals surface area contributed by atoms with Crippen molar-refractivity contribution < 1.29 is 9.53 Å². The standard InChI is InChI=1S/C15H21BrClNO2/c1-10(2)7-13(9-16)18-15(19)11(3)20-14-6-4-5-12(17)8-14/h4-6,8,10-11,13H,7,9H2,1-3H3,(H,18,19). The molecule has 0 spiro atoms. The first-order valence-electron chi connectivity index (χ1n) is 6.71. The van der Waals surface area contributed by atoms with E-state index in [4.69, 9.17) is 16.3 Å². The molecule has 2 atom stereocenters. The van der Waals surface area contributed by atoms with Crippen molar-refractivity contribution in [2.24, 2.45) is 5.92 Å². The minimum atomic E-state index is -0.554. The Morgan fingerprint density at radius 3 is 2.65 bits per heavy atom. The molecule has 1 aromatic carbocycles. The van der Waals surface area contributed by atoms with Gasteiger partial charge >= 0.3 is 0 Å². The fourth-order valence-corrected chi connectivity index (χ4v) is 2.45. The Bertz CT molecular complexity index is 440. The number of alkyl halides is 1. The molecular weight excluding hydrogens is 342 g/mol. The van der Waals surface area contributed by atoms with Crippen molar-refractivity contribution in [3.05, 3.63) is 29.3 Å². The maximum Gasteiger partial charge on any atom is 0.261 e. The molecule has 1 N–H and O–H groups in total. The second-order valence-corrected chi connectivity index (χ2v) is 6.29. The van der Waals surface area contributed by atoms with E-state index in [1.54, 1.807) is 31.2 Å². The molecule has 2 unspecified atom stereocenters. The molecule has 5 heteroatoms. The van der Waals surface area contributed by atoms with Gasteiger partial charge in [-0.05, 0) is 37.5 Å². The van der Waals surface area contributed by atoms with E-state index in [1.807, 2.05) is 0 Å². The Morgan fingerprint density at radius 1 is 1.40 bits per heavy atom. The summed E-state index contributed by atoms with van der Waals surface area (Å²) in [5, 5.41) is 4.32. The molecule has 20 heavy (non-hydrogen) atoms. The van der Waals surface area contributed by atoms with Crippen molar-refractivity contribution in [3.8, 4) is 5.75 Å². The molecule has 0 radical (unpaired) electrons. The van der Waals surface area contributed by atoms with Gasteiger partial charge in [-0.15, -0.1) is 0 Å². The van der Waals surface area contributed by atoms with Gasteiger partial charge in [-0.3, -0.25) is 4.79 Å². The summed E-state index contributed by atoms with van der Waals surface area (Å²) in [5.41, 5.74) is 0. The van der Waals surface area contributed by atoms with Crippen LogP contribution in [0, 0.1) is 5.92 Å². The summed E-state index contributed by atoms with van der Waals surface area (Å²) in [6.07, 6.45) is 0.378. The lowest BCUT2D eigenvalue weighted by Gasteiger charge is -2.21. The van der Waals surface area contributed by atoms with E-state index in [0.29, 0.717) is 16.7 Å². The monoisotopic (exact) mass is 361 g/mol. The third-order valence-electron chi connectivity index (χ3n) is 2.77. The molecule has 0 saturated heterocycles. The Hall–Kier alpha value is -0.740. The van der Waals surface area contributed by atoms with Crippen molar-refractivity contribution in [3.63, 3.8) is 0 Å². The van der Waals surface area contributed by atoms with Crippen molar-refractivity contribution >= 4 is 33.4 Å². The average molecular weight is 363 g/mol. The summed E-state index contributed by atoms with van der Waals surface area (Å²) in [7, 11) is 0. The van der Waals surface area contributed by atoms with Crippen LogP contribution in [0.4, 0.5) is 0 Å². The van der Waals surface area contributed by atoms with Crippen LogP contribution in [0.2, 0.25) is 5.02 Å². The molecule has 0 fully saturated rings. The normalized spacial score (nSPS) is 13.9. The highest BCUT2D eigenvalue weighted by Crippen LogP contribution is 2.18. The van der Waals surface area contributed by atoms with Gasteiger partial charge in [0.15, 0.2) is 6.10 Å². The van der Waals surface area contributed by atoms with Gasteiger partial charge < -0.3 is 10.1 Å². The number of benzene rings is 1. The topological polar surface area (TPSA) is 38.3 Å². The Kier molecular flexibility index (Phi) is 7.38. The van der Waals surface area contributed by atoms with Crippen molar-refractivity contribution in [1.82, 2.24) is 5.32 Å². The van der Waals surface area contributed by atoms with Crippen LogP contribution < -0.4 is 10.1 Å². The number of nitrogens with one attached hydrogen (secondary N) is 1. The van der Waals surface area contributed by atoms with Gasteiger partial charge in [-0.2, -0.15) is 0 Å². The molecule has 0 heterocycles. The van der Waals surface area contributed by atoms with Crippen molar-refractivity contribution in [1.29, 1.82) is 0 Å². The first-order valence-corrected chi connectivity index (χ1v) is 8.21. The quantitative estimate of drug-likeness (QED) is 0.744. The molecule has 0 aromatic heterocycles. The van der Waals surface area contributed by atoms with E-state index in [-0.39, 0.29) is 11.9 Å². The highest BCUT2D eigenvalue weighted by molar-refractivity contribution is 9.09. The van der Waals surface area contributed by atoms with Crippen LogP contribution in [0.5, 0.6) is 5.75 Å². The Morgan fingerprint density at radius 2 is 2.10 bits per heavy atom. The van der Waals surface area contributed by atoms with Gasteiger partial charge in [-0.1, -0.05) is 47.4 Å². The summed E-state index contributed by atoms with van der Waals surface area (Å²) >= 11 is 9.31. The molecule has 1 rings (SSSR count). The first-order chi connectivity index (χ1) is 9.42. The number of rotatable bonds is 7. The van der Waals surface area contributed by atoms with Gasteiger partial charge in [0.05, 0.1) is 0 Å². The van der Waals surface area contributed by atoms with Crippen LogP contribution in [0.3, 0.4) is 0 Å². The third-order valence-corrected chi connectivity index (χ3v) is 3.78. The number of hydrogen-bond donors (Lipinski definition) is 1. The minimum absolute atomic E-state index is 0.116. The Labute approximate surface area is 134 Å². The van der Waals surface area contributed by atoms with Crippen LogP contribution in [0.15, 0.2) is 24.3 Å². The van der Waals surface area contributed by atoms with Gasteiger partial charge in [0, 0.05) is 16.4 Å². The van der Waals surface area contributed by atoms with E-state index in [0.717, 1.165) is 11.8 Å². The second-order valence-electron chi connectivity index (χ2n) is 5.21. The first kappa shape index (κ1) is 17.3. The third kappa shape index (κ3) is 6.14. The maximum atomic E-state index is 12.1. The highest BCUT2D eigenvalue weighted by Gasteiger charge is 2.19. The van der Waals surface area contributed by atoms with Crippen LogP contribution >= 0.6 is 27.5 Å². The average Bonchev–Trinajstić information content (AvgIpc) is 2.37. The fraction of sp³-hybridized carbons (Fsp3) is 0.533. The number of hydrogen-bond acceptors (Lipinski definition) is 2. The zero-order chi connectivity index (χ0) is 15.1. The molecule has 0 bridgehead atoms. The van der Waals surface area contributed by atoms with E-state index in [9.17, 15) is 4.79 Å². The van der Waals surface area contributed by atoms with Gasteiger partial charge in [0.25, 0.3) is 5.91 Å².